The van der Waals surface area contributed by atoms with Crippen LogP contribution in [0.5, 0.6) is 0 Å². The van der Waals surface area contributed by atoms with Gasteiger partial charge in [-0.3, -0.25) is 0 Å². The first kappa shape index (κ1) is 10.3. The summed E-state index contributed by atoms with van der Waals surface area (Å²) >= 11 is 0. The summed E-state index contributed by atoms with van der Waals surface area (Å²) < 4.78 is 0. The maximum atomic E-state index is 2.31. The van der Waals surface area contributed by atoms with Crippen LogP contribution in [0.25, 0.3) is 0 Å². The van der Waals surface area contributed by atoms with Crippen molar-refractivity contribution in [2.45, 2.75) is 40.0 Å². The fourth-order valence-electron chi connectivity index (χ4n) is 1.46. The van der Waals surface area contributed by atoms with Crippen LogP contribution in [0.4, 0.5) is 0 Å². The van der Waals surface area contributed by atoms with Crippen LogP contribution in [0.15, 0.2) is 24.3 Å². The van der Waals surface area contributed by atoms with E-state index in [1.54, 1.807) is 0 Å². The molecule has 0 spiro atoms. The highest BCUT2D eigenvalue weighted by molar-refractivity contribution is 5.22. The molecule has 0 radical (unpaired) electrons. The summed E-state index contributed by atoms with van der Waals surface area (Å²) in [6.45, 7) is 6.77. The molecule has 1 unspecified atom stereocenters. The van der Waals surface area contributed by atoms with E-state index in [1.165, 1.54) is 24.0 Å². The van der Waals surface area contributed by atoms with Crippen LogP contribution in [0.2, 0.25) is 0 Å². The van der Waals surface area contributed by atoms with E-state index in [1.807, 2.05) is 0 Å². The molecule has 0 aliphatic rings. The Hall–Kier alpha value is -0.780. The molecular formula is C13H20. The molecule has 1 rings (SSSR count). The van der Waals surface area contributed by atoms with Gasteiger partial charge in [-0.15, -0.1) is 0 Å². The highest BCUT2D eigenvalue weighted by Crippen LogP contribution is 2.12. The highest BCUT2D eigenvalue weighted by Gasteiger charge is 2.00. The van der Waals surface area contributed by atoms with Crippen LogP contribution >= 0.6 is 0 Å². The van der Waals surface area contributed by atoms with Gasteiger partial charge in [-0.2, -0.15) is 0 Å². The van der Waals surface area contributed by atoms with Gasteiger partial charge < -0.3 is 0 Å². The molecule has 13 heavy (non-hydrogen) atoms. The van der Waals surface area contributed by atoms with E-state index in [2.05, 4.69) is 45.0 Å². The van der Waals surface area contributed by atoms with E-state index >= 15 is 0 Å². The highest BCUT2D eigenvalue weighted by atomic mass is 14.1. The Bertz CT molecular complexity index is 233. The van der Waals surface area contributed by atoms with Crippen LogP contribution in [-0.4, -0.2) is 0 Å². The Kier molecular flexibility index (Phi) is 4.01. The summed E-state index contributed by atoms with van der Waals surface area (Å²) in [4.78, 5) is 0. The van der Waals surface area contributed by atoms with Crippen molar-refractivity contribution >= 4 is 0 Å². The quantitative estimate of drug-likeness (QED) is 0.654. The molecule has 0 N–H and O–H groups in total. The fourth-order valence-corrected chi connectivity index (χ4v) is 1.46. The van der Waals surface area contributed by atoms with Crippen molar-refractivity contribution in [1.29, 1.82) is 0 Å². The average Bonchev–Trinajstić information content (AvgIpc) is 2.19. The van der Waals surface area contributed by atoms with Gasteiger partial charge in [0.25, 0.3) is 0 Å². The van der Waals surface area contributed by atoms with Crippen LogP contribution < -0.4 is 0 Å². The van der Waals surface area contributed by atoms with Crippen molar-refractivity contribution in [3.8, 4) is 0 Å². The Balaban J connectivity index is 2.58. The predicted octanol–water partition coefficient (Wildman–Crippen LogP) is 3.84. The molecule has 0 aromatic heterocycles. The lowest BCUT2D eigenvalue weighted by Crippen LogP contribution is -1.97. The molecular weight excluding hydrogens is 156 g/mol. The Morgan fingerprint density at radius 1 is 1.00 bits per heavy atom. The third-order valence-electron chi connectivity index (χ3n) is 2.71. The zero-order valence-electron chi connectivity index (χ0n) is 9.01. The van der Waals surface area contributed by atoms with Crippen LogP contribution in [0.1, 0.15) is 38.3 Å². The maximum Gasteiger partial charge on any atom is -0.0253 e. The lowest BCUT2D eigenvalue weighted by molar-refractivity contribution is 0.560. The van der Waals surface area contributed by atoms with E-state index in [0.29, 0.717) is 0 Å². The van der Waals surface area contributed by atoms with Gasteiger partial charge >= 0.3 is 0 Å². The minimum absolute atomic E-state index is 0.812. The Labute approximate surface area is 82.0 Å². The zero-order valence-corrected chi connectivity index (χ0v) is 9.01. The van der Waals surface area contributed by atoms with Gasteiger partial charge in [-0.05, 0) is 29.9 Å². The van der Waals surface area contributed by atoms with Gasteiger partial charge in [-0.25, -0.2) is 0 Å². The number of hydrogen-bond donors (Lipinski definition) is 0. The lowest BCUT2D eigenvalue weighted by Gasteiger charge is -2.08. The van der Waals surface area contributed by atoms with Gasteiger partial charge in [0.05, 0.1) is 0 Å². The molecule has 0 heteroatoms. The van der Waals surface area contributed by atoms with Crippen molar-refractivity contribution in [1.82, 2.24) is 0 Å². The van der Waals surface area contributed by atoms with Gasteiger partial charge in [0.2, 0.25) is 0 Å². The summed E-state index contributed by atoms with van der Waals surface area (Å²) in [5, 5.41) is 0. The molecule has 0 aliphatic heterocycles. The molecule has 1 aromatic carbocycles. The van der Waals surface area contributed by atoms with Crippen molar-refractivity contribution in [3.63, 3.8) is 0 Å². The minimum Gasteiger partial charge on any atom is -0.0651 e. The Morgan fingerprint density at radius 3 is 2.00 bits per heavy atom. The summed E-state index contributed by atoms with van der Waals surface area (Å²) in [7, 11) is 0. The van der Waals surface area contributed by atoms with Crippen LogP contribution in [0.3, 0.4) is 0 Å². The monoisotopic (exact) mass is 176 g/mol. The average molecular weight is 176 g/mol. The summed E-state index contributed by atoms with van der Waals surface area (Å²) in [5.41, 5.74) is 2.92. The summed E-state index contributed by atoms with van der Waals surface area (Å²) in [6.07, 6.45) is 3.64. The molecule has 0 nitrogen and oxygen atoms in total. The van der Waals surface area contributed by atoms with Gasteiger partial charge in [-0.1, -0.05) is 51.5 Å². The second kappa shape index (κ2) is 5.06. The van der Waals surface area contributed by atoms with Gasteiger partial charge in [0, 0.05) is 0 Å². The standard InChI is InChI=1S/C13H20/c1-4-11(3)10-13-8-6-12(5-2)7-9-13/h6-9,11H,4-5,10H2,1-3H3. The SMILES string of the molecule is CCc1ccc(CC(C)CC)cc1. The lowest BCUT2D eigenvalue weighted by atomic mass is 9.98. The second-order valence-electron chi connectivity index (χ2n) is 3.89. The molecule has 1 aromatic rings. The van der Waals surface area contributed by atoms with E-state index in [-0.39, 0.29) is 0 Å². The number of rotatable bonds is 4. The van der Waals surface area contributed by atoms with Gasteiger partial charge in [0.15, 0.2) is 0 Å². The molecule has 0 saturated carbocycles. The minimum atomic E-state index is 0.812. The fraction of sp³-hybridized carbons (Fsp3) is 0.538. The second-order valence-corrected chi connectivity index (χ2v) is 3.89. The third kappa shape index (κ3) is 3.22. The molecule has 0 aliphatic carbocycles. The first-order valence-electron chi connectivity index (χ1n) is 5.34. The van der Waals surface area contributed by atoms with E-state index in [9.17, 15) is 0 Å². The Morgan fingerprint density at radius 2 is 1.54 bits per heavy atom. The molecule has 72 valence electrons. The molecule has 1 atom stereocenters. The number of aryl methyl sites for hydroxylation is 1. The van der Waals surface area contributed by atoms with Crippen molar-refractivity contribution in [2.75, 3.05) is 0 Å². The zero-order chi connectivity index (χ0) is 9.68. The topological polar surface area (TPSA) is 0 Å². The normalized spacial score (nSPS) is 12.8. The van der Waals surface area contributed by atoms with Crippen molar-refractivity contribution < 1.29 is 0 Å². The number of benzene rings is 1. The summed E-state index contributed by atoms with van der Waals surface area (Å²) in [6, 6.07) is 9.03. The number of hydrogen-bond acceptors (Lipinski definition) is 0. The third-order valence-corrected chi connectivity index (χ3v) is 2.71. The van der Waals surface area contributed by atoms with Gasteiger partial charge in [0.1, 0.15) is 0 Å². The van der Waals surface area contributed by atoms with Crippen LogP contribution in [0, 0.1) is 5.92 Å². The van der Waals surface area contributed by atoms with E-state index in [0.717, 1.165) is 12.3 Å². The maximum absolute atomic E-state index is 2.31. The van der Waals surface area contributed by atoms with Crippen molar-refractivity contribution in [2.24, 2.45) is 5.92 Å². The molecule has 0 saturated heterocycles. The molecule has 0 amide bonds. The largest absolute Gasteiger partial charge is 0.0651 e. The van der Waals surface area contributed by atoms with Crippen molar-refractivity contribution in [3.05, 3.63) is 35.4 Å². The first-order chi connectivity index (χ1) is 6.26. The first-order valence-corrected chi connectivity index (χ1v) is 5.34. The van der Waals surface area contributed by atoms with E-state index in [4.69, 9.17) is 0 Å². The van der Waals surface area contributed by atoms with E-state index < -0.39 is 0 Å². The predicted molar refractivity (Wildman–Crippen MR) is 59.0 cm³/mol. The smallest absolute Gasteiger partial charge is 0.0253 e. The molecule has 0 fully saturated rings. The molecule has 0 heterocycles. The van der Waals surface area contributed by atoms with Crippen LogP contribution in [-0.2, 0) is 12.8 Å². The summed E-state index contributed by atoms with van der Waals surface area (Å²) in [5.74, 6) is 0.812. The molecule has 0 bridgehead atoms.